The van der Waals surface area contributed by atoms with E-state index in [1.165, 1.54) is 11.3 Å². The smallest absolute Gasteiger partial charge is 0.348 e. The average Bonchev–Trinajstić information content (AvgIpc) is 2.81. The maximum absolute atomic E-state index is 11.8. The predicted octanol–water partition coefficient (Wildman–Crippen LogP) is 3.07. The van der Waals surface area contributed by atoms with Gasteiger partial charge in [-0.1, -0.05) is 0 Å². The molecule has 0 bridgehead atoms. The normalized spacial score (nSPS) is 10.8. The largest absolute Gasteiger partial charge is 0.461 e. The standard InChI is InChI=1S/C14H17NO3S/c1-2-17-6-3-7-18-14(16)13-9-10-8-11(15)4-5-12(10)19-13/h4-5,8-9H,2-3,6-7,15H2,1H3. The van der Waals surface area contributed by atoms with Crippen molar-refractivity contribution in [2.45, 2.75) is 13.3 Å². The fourth-order valence-electron chi connectivity index (χ4n) is 1.70. The van der Waals surface area contributed by atoms with Crippen molar-refractivity contribution in [1.29, 1.82) is 0 Å². The summed E-state index contributed by atoms with van der Waals surface area (Å²) in [6.45, 7) is 3.63. The highest BCUT2D eigenvalue weighted by Crippen LogP contribution is 2.27. The zero-order valence-corrected chi connectivity index (χ0v) is 11.7. The summed E-state index contributed by atoms with van der Waals surface area (Å²) in [4.78, 5) is 12.5. The monoisotopic (exact) mass is 279 g/mol. The van der Waals surface area contributed by atoms with E-state index < -0.39 is 0 Å². The molecule has 0 amide bonds. The van der Waals surface area contributed by atoms with Gasteiger partial charge in [0.1, 0.15) is 4.88 Å². The van der Waals surface area contributed by atoms with Crippen LogP contribution < -0.4 is 5.73 Å². The zero-order chi connectivity index (χ0) is 13.7. The molecule has 1 aromatic heterocycles. The van der Waals surface area contributed by atoms with Crippen LogP contribution in [0, 0.1) is 0 Å². The second kappa shape index (κ2) is 6.54. The molecular weight excluding hydrogens is 262 g/mol. The van der Waals surface area contributed by atoms with E-state index >= 15 is 0 Å². The SMILES string of the molecule is CCOCCCOC(=O)c1cc2cc(N)ccc2s1. The van der Waals surface area contributed by atoms with E-state index in [-0.39, 0.29) is 5.97 Å². The summed E-state index contributed by atoms with van der Waals surface area (Å²) in [5.41, 5.74) is 6.41. The van der Waals surface area contributed by atoms with Crippen molar-refractivity contribution in [3.63, 3.8) is 0 Å². The molecule has 0 saturated carbocycles. The Hall–Kier alpha value is -1.59. The molecule has 2 aromatic rings. The van der Waals surface area contributed by atoms with Gasteiger partial charge in [0.15, 0.2) is 0 Å². The molecule has 5 heteroatoms. The number of nitrogens with two attached hydrogens (primary N) is 1. The van der Waals surface area contributed by atoms with E-state index in [1.807, 2.05) is 31.2 Å². The van der Waals surface area contributed by atoms with Gasteiger partial charge in [-0.3, -0.25) is 0 Å². The number of rotatable bonds is 6. The van der Waals surface area contributed by atoms with Gasteiger partial charge in [0.2, 0.25) is 0 Å². The molecule has 4 nitrogen and oxygen atoms in total. The summed E-state index contributed by atoms with van der Waals surface area (Å²) in [6, 6.07) is 7.43. The quantitative estimate of drug-likeness (QED) is 0.501. The molecule has 0 atom stereocenters. The van der Waals surface area contributed by atoms with Gasteiger partial charge in [0.05, 0.1) is 6.61 Å². The minimum absolute atomic E-state index is 0.281. The summed E-state index contributed by atoms with van der Waals surface area (Å²) in [5, 5.41) is 0.978. The van der Waals surface area contributed by atoms with Crippen LogP contribution in [0.1, 0.15) is 23.0 Å². The highest BCUT2D eigenvalue weighted by Gasteiger charge is 2.11. The van der Waals surface area contributed by atoms with E-state index in [1.54, 1.807) is 0 Å². The van der Waals surface area contributed by atoms with Crippen molar-refractivity contribution >= 4 is 33.1 Å². The molecule has 19 heavy (non-hydrogen) atoms. The maximum Gasteiger partial charge on any atom is 0.348 e. The summed E-state index contributed by atoms with van der Waals surface area (Å²) < 4.78 is 11.4. The first kappa shape index (κ1) is 13.8. The first-order chi connectivity index (χ1) is 9.20. The van der Waals surface area contributed by atoms with Gasteiger partial charge in [0.25, 0.3) is 0 Å². The highest BCUT2D eigenvalue weighted by molar-refractivity contribution is 7.20. The first-order valence-corrected chi connectivity index (χ1v) is 7.06. The number of ether oxygens (including phenoxy) is 2. The molecule has 2 N–H and O–H groups in total. The van der Waals surface area contributed by atoms with E-state index in [2.05, 4.69) is 0 Å². The van der Waals surface area contributed by atoms with Crippen molar-refractivity contribution in [3.05, 3.63) is 29.1 Å². The average molecular weight is 279 g/mol. The molecule has 0 aliphatic rings. The van der Waals surface area contributed by atoms with Gasteiger partial charge in [0, 0.05) is 30.0 Å². The lowest BCUT2D eigenvalue weighted by molar-refractivity contribution is 0.0458. The highest BCUT2D eigenvalue weighted by atomic mass is 32.1. The third-order valence-corrected chi connectivity index (χ3v) is 3.71. The summed E-state index contributed by atoms with van der Waals surface area (Å²) in [5.74, 6) is -0.281. The molecule has 0 spiro atoms. The number of fused-ring (bicyclic) bond motifs is 1. The number of benzene rings is 1. The van der Waals surface area contributed by atoms with E-state index in [9.17, 15) is 4.79 Å². The van der Waals surface area contributed by atoms with Crippen molar-refractivity contribution in [2.75, 3.05) is 25.6 Å². The molecule has 2 rings (SSSR count). The fraction of sp³-hybridized carbons (Fsp3) is 0.357. The van der Waals surface area contributed by atoms with Crippen LogP contribution in [-0.2, 0) is 9.47 Å². The van der Waals surface area contributed by atoms with Crippen LogP contribution in [0.3, 0.4) is 0 Å². The Balaban J connectivity index is 1.94. The predicted molar refractivity (Wildman–Crippen MR) is 77.6 cm³/mol. The number of hydrogen-bond donors (Lipinski definition) is 1. The molecule has 1 aromatic carbocycles. The van der Waals surface area contributed by atoms with Gasteiger partial charge >= 0.3 is 5.97 Å². The second-order valence-electron chi connectivity index (χ2n) is 4.09. The molecule has 0 saturated heterocycles. The summed E-state index contributed by atoms with van der Waals surface area (Å²) in [6.07, 6.45) is 0.720. The second-order valence-corrected chi connectivity index (χ2v) is 5.18. The molecular formula is C14H17NO3S. The third kappa shape index (κ3) is 3.68. The Morgan fingerprint density at radius 2 is 2.16 bits per heavy atom. The molecule has 102 valence electrons. The van der Waals surface area contributed by atoms with Crippen LogP contribution in [0.4, 0.5) is 5.69 Å². The molecule has 0 radical (unpaired) electrons. The van der Waals surface area contributed by atoms with Gasteiger partial charge in [-0.05, 0) is 36.6 Å². The van der Waals surface area contributed by atoms with Crippen molar-refractivity contribution in [1.82, 2.24) is 0 Å². The Bertz CT molecular complexity index is 565. The van der Waals surface area contributed by atoms with Gasteiger partial charge < -0.3 is 15.2 Å². The van der Waals surface area contributed by atoms with Crippen molar-refractivity contribution < 1.29 is 14.3 Å². The van der Waals surface area contributed by atoms with Crippen LogP contribution in [0.25, 0.3) is 10.1 Å². The van der Waals surface area contributed by atoms with Crippen molar-refractivity contribution in [2.24, 2.45) is 0 Å². The lowest BCUT2D eigenvalue weighted by atomic mass is 10.2. The van der Waals surface area contributed by atoms with Gasteiger partial charge in [-0.2, -0.15) is 0 Å². The summed E-state index contributed by atoms with van der Waals surface area (Å²) >= 11 is 1.42. The van der Waals surface area contributed by atoms with E-state index in [0.29, 0.717) is 30.4 Å². The number of thiophene rings is 1. The van der Waals surface area contributed by atoms with Crippen LogP contribution in [-0.4, -0.2) is 25.8 Å². The van der Waals surface area contributed by atoms with Crippen LogP contribution in [0.2, 0.25) is 0 Å². The number of carbonyl (C=O) groups excluding carboxylic acids is 1. The topological polar surface area (TPSA) is 61.5 Å². The van der Waals surface area contributed by atoms with Crippen molar-refractivity contribution in [3.8, 4) is 0 Å². The molecule has 0 unspecified atom stereocenters. The number of carbonyl (C=O) groups is 1. The number of nitrogen functional groups attached to an aromatic ring is 1. The Kier molecular flexibility index (Phi) is 4.76. The fourth-order valence-corrected chi connectivity index (χ4v) is 2.64. The molecule has 0 fully saturated rings. The third-order valence-electron chi connectivity index (χ3n) is 2.61. The number of anilines is 1. The molecule has 0 aliphatic heterocycles. The molecule has 0 aliphatic carbocycles. The number of hydrogen-bond acceptors (Lipinski definition) is 5. The molecule has 1 heterocycles. The van der Waals surface area contributed by atoms with Crippen LogP contribution >= 0.6 is 11.3 Å². The minimum atomic E-state index is -0.281. The Morgan fingerprint density at radius 1 is 1.32 bits per heavy atom. The van der Waals surface area contributed by atoms with E-state index in [4.69, 9.17) is 15.2 Å². The van der Waals surface area contributed by atoms with E-state index in [0.717, 1.165) is 16.5 Å². The Labute approximate surface area is 116 Å². The Morgan fingerprint density at radius 3 is 2.95 bits per heavy atom. The number of esters is 1. The zero-order valence-electron chi connectivity index (χ0n) is 10.8. The minimum Gasteiger partial charge on any atom is -0.461 e. The van der Waals surface area contributed by atoms with Gasteiger partial charge in [-0.25, -0.2) is 4.79 Å². The summed E-state index contributed by atoms with van der Waals surface area (Å²) in [7, 11) is 0. The maximum atomic E-state index is 11.8. The first-order valence-electron chi connectivity index (χ1n) is 6.24. The van der Waals surface area contributed by atoms with Gasteiger partial charge in [-0.15, -0.1) is 11.3 Å². The van der Waals surface area contributed by atoms with Crippen LogP contribution in [0.5, 0.6) is 0 Å². The van der Waals surface area contributed by atoms with Crippen LogP contribution in [0.15, 0.2) is 24.3 Å². The lowest BCUT2D eigenvalue weighted by Gasteiger charge is -2.02. The lowest BCUT2D eigenvalue weighted by Crippen LogP contribution is -2.06.